The molecule has 0 unspecified atom stereocenters. The van der Waals surface area contributed by atoms with Crippen LogP contribution in [0.1, 0.15) is 5.56 Å². The van der Waals surface area contributed by atoms with Gasteiger partial charge in [0, 0.05) is 15.6 Å². The minimum absolute atomic E-state index is 0.0242. The lowest BCUT2D eigenvalue weighted by molar-refractivity contribution is -1.02. The van der Waals surface area contributed by atoms with Crippen molar-refractivity contribution in [2.24, 2.45) is 0 Å². The van der Waals surface area contributed by atoms with E-state index in [2.05, 4.69) is 11.4 Å². The smallest absolute Gasteiger partial charge is 0.279 e. The molecule has 0 spiro atoms. The third-order valence-electron chi connectivity index (χ3n) is 4.85. The largest absolute Gasteiger partial charge is 0.495 e. The zero-order valence-electron chi connectivity index (χ0n) is 15.4. The molecule has 1 heterocycles. The summed E-state index contributed by atoms with van der Waals surface area (Å²) in [6, 6.07) is 13.2. The van der Waals surface area contributed by atoms with E-state index in [0.29, 0.717) is 23.0 Å². The van der Waals surface area contributed by atoms with Crippen molar-refractivity contribution < 1.29 is 19.3 Å². The highest BCUT2D eigenvalue weighted by Crippen LogP contribution is 2.27. The lowest BCUT2D eigenvalue weighted by Gasteiger charge is -2.29. The second-order valence-electron chi connectivity index (χ2n) is 6.88. The molecule has 3 rings (SSSR count). The zero-order chi connectivity index (χ0) is 19.2. The van der Waals surface area contributed by atoms with Crippen molar-refractivity contribution in [3.05, 3.63) is 58.1 Å². The summed E-state index contributed by atoms with van der Waals surface area (Å²) in [6.07, 6.45) is 0. The van der Waals surface area contributed by atoms with Gasteiger partial charge in [0.2, 0.25) is 0 Å². The van der Waals surface area contributed by atoms with Crippen LogP contribution < -0.4 is 19.9 Å². The van der Waals surface area contributed by atoms with E-state index in [4.69, 9.17) is 27.9 Å². The van der Waals surface area contributed by atoms with Crippen LogP contribution in [0.3, 0.4) is 0 Å². The van der Waals surface area contributed by atoms with Gasteiger partial charge < -0.3 is 19.9 Å². The van der Waals surface area contributed by atoms with Gasteiger partial charge in [-0.2, -0.15) is 0 Å². The Morgan fingerprint density at radius 2 is 1.74 bits per heavy atom. The van der Waals surface area contributed by atoms with E-state index in [-0.39, 0.29) is 5.91 Å². The number of quaternary nitrogens is 2. The first-order chi connectivity index (χ1) is 13.0. The van der Waals surface area contributed by atoms with Gasteiger partial charge in [-0.15, -0.1) is 0 Å². The van der Waals surface area contributed by atoms with Crippen LogP contribution in [-0.4, -0.2) is 45.7 Å². The fourth-order valence-corrected chi connectivity index (χ4v) is 3.83. The minimum Gasteiger partial charge on any atom is -0.495 e. The molecule has 144 valence electrons. The van der Waals surface area contributed by atoms with Crippen LogP contribution in [0.25, 0.3) is 0 Å². The summed E-state index contributed by atoms with van der Waals surface area (Å²) in [4.78, 5) is 15.2. The fourth-order valence-electron chi connectivity index (χ4n) is 3.45. The van der Waals surface area contributed by atoms with E-state index in [1.165, 1.54) is 15.4 Å². The van der Waals surface area contributed by atoms with Gasteiger partial charge >= 0.3 is 0 Å². The number of halogens is 2. The summed E-state index contributed by atoms with van der Waals surface area (Å²) in [7, 11) is 1.58. The van der Waals surface area contributed by atoms with E-state index in [9.17, 15) is 4.79 Å². The number of hydrogen-bond donors (Lipinski definition) is 3. The Bertz CT molecular complexity index is 793. The Labute approximate surface area is 169 Å². The molecule has 1 amide bonds. The molecule has 7 heteroatoms. The molecule has 0 aromatic heterocycles. The number of piperazine rings is 1. The number of methoxy groups -OCH3 is 1. The molecule has 1 aliphatic rings. The molecule has 0 radical (unpaired) electrons. The standard InChI is InChI=1S/C20H23Cl2N3O2/c1-27-19-6-5-17(22)12-18(19)23-20(26)14-25-9-7-24(8-10-25)13-15-3-2-4-16(21)11-15/h2-6,11-12H,7-10,13-14H2,1H3,(H,23,26)/p+2. The first-order valence-electron chi connectivity index (χ1n) is 9.08. The lowest BCUT2D eigenvalue weighted by Crippen LogP contribution is -3.28. The van der Waals surface area contributed by atoms with Gasteiger partial charge in [-0.05, 0) is 30.3 Å². The minimum atomic E-state index is -0.0242. The average Bonchev–Trinajstić information content (AvgIpc) is 2.63. The maximum Gasteiger partial charge on any atom is 0.279 e. The Hall–Kier alpha value is -1.79. The maximum absolute atomic E-state index is 12.4. The van der Waals surface area contributed by atoms with Crippen molar-refractivity contribution in [3.63, 3.8) is 0 Å². The highest BCUT2D eigenvalue weighted by atomic mass is 35.5. The van der Waals surface area contributed by atoms with Gasteiger partial charge in [-0.3, -0.25) is 4.79 Å². The van der Waals surface area contributed by atoms with Crippen LogP contribution in [0.5, 0.6) is 5.75 Å². The number of benzene rings is 2. The summed E-state index contributed by atoms with van der Waals surface area (Å²) in [6.45, 7) is 5.43. The van der Waals surface area contributed by atoms with Crippen LogP contribution >= 0.6 is 23.2 Å². The van der Waals surface area contributed by atoms with E-state index in [1.54, 1.807) is 25.3 Å². The Morgan fingerprint density at radius 1 is 1.04 bits per heavy atom. The van der Waals surface area contributed by atoms with Crippen LogP contribution in [-0.2, 0) is 11.3 Å². The quantitative estimate of drug-likeness (QED) is 0.664. The van der Waals surface area contributed by atoms with Crippen LogP contribution in [0.15, 0.2) is 42.5 Å². The molecule has 1 saturated heterocycles. The molecule has 5 nitrogen and oxygen atoms in total. The normalized spacial score (nSPS) is 19.5. The van der Waals surface area contributed by atoms with Crippen molar-refractivity contribution in [2.45, 2.75) is 6.54 Å². The second-order valence-corrected chi connectivity index (χ2v) is 7.75. The molecule has 0 bridgehead atoms. The van der Waals surface area contributed by atoms with E-state index >= 15 is 0 Å². The van der Waals surface area contributed by atoms with Gasteiger partial charge in [-0.1, -0.05) is 35.3 Å². The van der Waals surface area contributed by atoms with Crippen molar-refractivity contribution in [3.8, 4) is 5.75 Å². The van der Waals surface area contributed by atoms with Gasteiger partial charge in [-0.25, -0.2) is 0 Å². The Balaban J connectivity index is 1.47. The lowest BCUT2D eigenvalue weighted by atomic mass is 10.2. The third kappa shape index (κ3) is 5.84. The molecule has 3 N–H and O–H groups in total. The predicted molar refractivity (Wildman–Crippen MR) is 108 cm³/mol. The van der Waals surface area contributed by atoms with Gasteiger partial charge in [0.1, 0.15) is 38.5 Å². The summed E-state index contributed by atoms with van der Waals surface area (Å²) in [5.74, 6) is 0.586. The molecule has 0 aliphatic carbocycles. The second kappa shape index (κ2) is 9.42. The number of amides is 1. The molecule has 2 aromatic carbocycles. The van der Waals surface area contributed by atoms with Crippen molar-refractivity contribution >= 4 is 34.8 Å². The predicted octanol–water partition coefficient (Wildman–Crippen LogP) is 0.924. The molecule has 27 heavy (non-hydrogen) atoms. The first kappa shape index (κ1) is 20.0. The number of ether oxygens (including phenoxy) is 1. The molecular formula is C20H25Cl2N3O2+2. The molecule has 2 aromatic rings. The third-order valence-corrected chi connectivity index (χ3v) is 5.32. The van der Waals surface area contributed by atoms with Gasteiger partial charge in [0.15, 0.2) is 6.54 Å². The number of hydrogen-bond acceptors (Lipinski definition) is 2. The molecular weight excluding hydrogens is 385 g/mol. The molecule has 0 saturated carbocycles. The Morgan fingerprint density at radius 3 is 2.44 bits per heavy atom. The molecule has 0 atom stereocenters. The van der Waals surface area contributed by atoms with Crippen molar-refractivity contribution in [2.75, 3.05) is 45.2 Å². The monoisotopic (exact) mass is 409 g/mol. The number of anilines is 1. The van der Waals surface area contributed by atoms with Crippen LogP contribution in [0.4, 0.5) is 5.69 Å². The first-order valence-corrected chi connectivity index (χ1v) is 9.84. The number of carbonyl (C=O) groups is 1. The van der Waals surface area contributed by atoms with Crippen LogP contribution in [0.2, 0.25) is 10.0 Å². The fraction of sp³-hybridized carbons (Fsp3) is 0.350. The average molecular weight is 410 g/mol. The van der Waals surface area contributed by atoms with E-state index < -0.39 is 0 Å². The topological polar surface area (TPSA) is 47.2 Å². The van der Waals surface area contributed by atoms with Gasteiger partial charge in [0.25, 0.3) is 5.91 Å². The van der Waals surface area contributed by atoms with Gasteiger partial charge in [0.05, 0.1) is 12.8 Å². The summed E-state index contributed by atoms with van der Waals surface area (Å²) < 4.78 is 5.28. The summed E-state index contributed by atoms with van der Waals surface area (Å²) >= 11 is 12.1. The highest BCUT2D eigenvalue weighted by molar-refractivity contribution is 6.31. The highest BCUT2D eigenvalue weighted by Gasteiger charge is 2.25. The SMILES string of the molecule is COc1ccc(Cl)cc1NC(=O)C[NH+]1CC[NH+](Cc2cccc(Cl)c2)CC1. The van der Waals surface area contributed by atoms with Crippen molar-refractivity contribution in [1.29, 1.82) is 0 Å². The van der Waals surface area contributed by atoms with Crippen molar-refractivity contribution in [1.82, 2.24) is 0 Å². The summed E-state index contributed by atoms with van der Waals surface area (Å²) in [5, 5.41) is 4.26. The molecule has 1 fully saturated rings. The maximum atomic E-state index is 12.4. The Kier molecular flexibility index (Phi) is 6.96. The number of rotatable bonds is 6. The molecule has 1 aliphatic heterocycles. The van der Waals surface area contributed by atoms with Crippen LogP contribution in [0, 0.1) is 0 Å². The number of carbonyl (C=O) groups excluding carboxylic acids is 1. The summed E-state index contributed by atoms with van der Waals surface area (Å²) in [5.41, 5.74) is 1.87. The van der Waals surface area contributed by atoms with E-state index in [1.807, 2.05) is 18.2 Å². The zero-order valence-corrected chi connectivity index (χ0v) is 16.9. The van der Waals surface area contributed by atoms with E-state index in [0.717, 1.165) is 37.7 Å². The number of nitrogens with one attached hydrogen (secondary N) is 3.